The zero-order valence-electron chi connectivity index (χ0n) is 14.2. The summed E-state index contributed by atoms with van der Waals surface area (Å²) in [5.41, 5.74) is 1.97. The van der Waals surface area contributed by atoms with Gasteiger partial charge < -0.3 is 9.47 Å². The number of anilines is 1. The van der Waals surface area contributed by atoms with Crippen molar-refractivity contribution >= 4 is 29.4 Å². The van der Waals surface area contributed by atoms with Gasteiger partial charge in [-0.15, -0.1) is 0 Å². The molecule has 2 aromatic carbocycles. The highest BCUT2D eigenvalue weighted by Crippen LogP contribution is 2.21. The molecule has 0 spiro atoms. The first kappa shape index (κ1) is 18.8. The summed E-state index contributed by atoms with van der Waals surface area (Å²) < 4.78 is 10.1. The molecule has 0 aromatic heterocycles. The second-order valence-electron chi connectivity index (χ2n) is 5.18. The Morgan fingerprint density at radius 3 is 2.08 bits per heavy atom. The van der Waals surface area contributed by atoms with Crippen LogP contribution in [0.5, 0.6) is 0 Å². The van der Waals surface area contributed by atoms with Gasteiger partial charge in [-0.3, -0.25) is 4.90 Å². The third-order valence-electron chi connectivity index (χ3n) is 3.43. The summed E-state index contributed by atoms with van der Waals surface area (Å²) in [6.07, 6.45) is -0.457. The Kier molecular flexibility index (Phi) is 6.83. The molecule has 2 aromatic rings. The Bertz CT molecular complexity index is 713. The first-order valence-corrected chi connectivity index (χ1v) is 8.38. The maximum absolute atomic E-state index is 12.3. The van der Waals surface area contributed by atoms with Crippen LogP contribution in [-0.2, 0) is 16.0 Å². The average Bonchev–Trinajstić information content (AvgIpc) is 2.62. The predicted molar refractivity (Wildman–Crippen MR) is 97.1 cm³/mol. The molecule has 0 radical (unpaired) electrons. The van der Waals surface area contributed by atoms with E-state index in [0.717, 1.165) is 5.56 Å². The number of hydrogen-bond donors (Lipinski definition) is 0. The normalized spacial score (nSPS) is 10.2. The van der Waals surface area contributed by atoms with Crippen LogP contribution in [0.25, 0.3) is 0 Å². The van der Waals surface area contributed by atoms with E-state index in [0.29, 0.717) is 29.4 Å². The molecule has 2 rings (SSSR count). The topological polar surface area (TPSA) is 55.8 Å². The van der Waals surface area contributed by atoms with Crippen molar-refractivity contribution in [3.05, 3.63) is 64.7 Å². The molecule has 0 atom stereocenters. The molecule has 0 aliphatic heterocycles. The van der Waals surface area contributed by atoms with E-state index in [1.165, 1.54) is 4.90 Å². The number of carbonyl (C=O) groups excluding carboxylic acids is 2. The Labute approximate surface area is 152 Å². The summed E-state index contributed by atoms with van der Waals surface area (Å²) in [5, 5.41) is 0.630. The molecule has 0 aliphatic rings. The maximum Gasteiger partial charge on any atom is 0.414 e. The minimum Gasteiger partial charge on any atom is -0.462 e. The maximum atomic E-state index is 12.3. The standard InChI is InChI=1S/C19H20ClNO4/c1-3-24-18(22)15-7-11-17(12-8-15)21(19(23)25-4-2)13-14-5-9-16(20)10-6-14/h5-12H,3-4,13H2,1-2H3. The minimum atomic E-state index is -0.457. The zero-order chi connectivity index (χ0) is 18.2. The number of hydrogen-bond acceptors (Lipinski definition) is 4. The average molecular weight is 362 g/mol. The van der Waals surface area contributed by atoms with Gasteiger partial charge in [0.15, 0.2) is 0 Å². The summed E-state index contributed by atoms with van der Waals surface area (Å²) in [5.74, 6) is -0.394. The SMILES string of the molecule is CCOC(=O)c1ccc(N(Cc2ccc(Cl)cc2)C(=O)OCC)cc1. The highest BCUT2D eigenvalue weighted by atomic mass is 35.5. The van der Waals surface area contributed by atoms with Crippen LogP contribution in [0.2, 0.25) is 5.02 Å². The lowest BCUT2D eigenvalue weighted by Crippen LogP contribution is -2.31. The number of amides is 1. The van der Waals surface area contributed by atoms with Crippen molar-refractivity contribution in [3.8, 4) is 0 Å². The van der Waals surface area contributed by atoms with Crippen molar-refractivity contribution < 1.29 is 19.1 Å². The first-order valence-electron chi connectivity index (χ1n) is 8.01. The molecule has 0 heterocycles. The lowest BCUT2D eigenvalue weighted by atomic mass is 10.1. The Morgan fingerprint density at radius 2 is 1.52 bits per heavy atom. The number of ether oxygens (including phenoxy) is 2. The second kappa shape index (κ2) is 9.08. The number of nitrogens with zero attached hydrogens (tertiary/aromatic N) is 1. The quantitative estimate of drug-likeness (QED) is 0.701. The molecule has 0 unspecified atom stereocenters. The Balaban J connectivity index is 2.24. The molecule has 0 aliphatic carbocycles. The van der Waals surface area contributed by atoms with Gasteiger partial charge in [0.2, 0.25) is 0 Å². The molecule has 0 saturated carbocycles. The Morgan fingerprint density at radius 1 is 0.920 bits per heavy atom. The van der Waals surface area contributed by atoms with Crippen molar-refractivity contribution in [1.82, 2.24) is 0 Å². The molecule has 0 saturated heterocycles. The summed E-state index contributed by atoms with van der Waals surface area (Å²) in [7, 11) is 0. The number of carbonyl (C=O) groups is 2. The fourth-order valence-corrected chi connectivity index (χ4v) is 2.35. The van der Waals surface area contributed by atoms with Crippen LogP contribution in [0.4, 0.5) is 10.5 Å². The molecule has 25 heavy (non-hydrogen) atoms. The van der Waals surface area contributed by atoms with E-state index in [1.54, 1.807) is 50.2 Å². The second-order valence-corrected chi connectivity index (χ2v) is 5.62. The van der Waals surface area contributed by atoms with Gasteiger partial charge in [-0.1, -0.05) is 23.7 Å². The number of benzene rings is 2. The van der Waals surface area contributed by atoms with Crippen molar-refractivity contribution in [1.29, 1.82) is 0 Å². The van der Waals surface area contributed by atoms with Crippen LogP contribution in [0.3, 0.4) is 0 Å². The molecule has 6 heteroatoms. The van der Waals surface area contributed by atoms with Gasteiger partial charge in [-0.05, 0) is 55.8 Å². The third-order valence-corrected chi connectivity index (χ3v) is 3.68. The lowest BCUT2D eigenvalue weighted by molar-refractivity contribution is 0.0526. The molecule has 1 amide bonds. The number of rotatable bonds is 6. The monoisotopic (exact) mass is 361 g/mol. The molecule has 0 bridgehead atoms. The zero-order valence-corrected chi connectivity index (χ0v) is 15.0. The molecule has 5 nitrogen and oxygen atoms in total. The van der Waals surface area contributed by atoms with E-state index >= 15 is 0 Å². The van der Waals surface area contributed by atoms with Crippen LogP contribution in [0.1, 0.15) is 29.8 Å². The van der Waals surface area contributed by atoms with E-state index in [1.807, 2.05) is 12.1 Å². The van der Waals surface area contributed by atoms with Crippen LogP contribution in [0, 0.1) is 0 Å². The van der Waals surface area contributed by atoms with Gasteiger partial charge in [0.25, 0.3) is 0 Å². The molecular weight excluding hydrogens is 342 g/mol. The Hall–Kier alpha value is -2.53. The van der Waals surface area contributed by atoms with E-state index in [-0.39, 0.29) is 6.61 Å². The van der Waals surface area contributed by atoms with Crippen LogP contribution in [0.15, 0.2) is 48.5 Å². The van der Waals surface area contributed by atoms with E-state index in [4.69, 9.17) is 21.1 Å². The van der Waals surface area contributed by atoms with Gasteiger partial charge >= 0.3 is 12.1 Å². The van der Waals surface area contributed by atoms with Crippen molar-refractivity contribution in [2.24, 2.45) is 0 Å². The number of halogens is 1. The predicted octanol–water partition coefficient (Wildman–Crippen LogP) is 4.68. The molecular formula is C19H20ClNO4. The van der Waals surface area contributed by atoms with E-state index < -0.39 is 12.1 Å². The smallest absolute Gasteiger partial charge is 0.414 e. The van der Waals surface area contributed by atoms with Crippen molar-refractivity contribution in [2.45, 2.75) is 20.4 Å². The van der Waals surface area contributed by atoms with Crippen molar-refractivity contribution in [3.63, 3.8) is 0 Å². The van der Waals surface area contributed by atoms with Gasteiger partial charge in [-0.25, -0.2) is 9.59 Å². The van der Waals surface area contributed by atoms with Crippen LogP contribution < -0.4 is 4.90 Å². The largest absolute Gasteiger partial charge is 0.462 e. The lowest BCUT2D eigenvalue weighted by Gasteiger charge is -2.22. The highest BCUT2D eigenvalue weighted by molar-refractivity contribution is 6.30. The van der Waals surface area contributed by atoms with Crippen LogP contribution in [-0.4, -0.2) is 25.3 Å². The third kappa shape index (κ3) is 5.22. The first-order chi connectivity index (χ1) is 12.0. The van der Waals surface area contributed by atoms with E-state index in [2.05, 4.69) is 0 Å². The summed E-state index contributed by atoms with van der Waals surface area (Å²) in [6.45, 7) is 4.42. The summed E-state index contributed by atoms with van der Waals surface area (Å²) in [4.78, 5) is 25.6. The fourth-order valence-electron chi connectivity index (χ4n) is 2.23. The van der Waals surface area contributed by atoms with Gasteiger partial charge in [0.1, 0.15) is 0 Å². The van der Waals surface area contributed by atoms with Crippen LogP contribution >= 0.6 is 11.6 Å². The number of esters is 1. The van der Waals surface area contributed by atoms with Gasteiger partial charge in [0.05, 0.1) is 25.3 Å². The van der Waals surface area contributed by atoms with Gasteiger partial charge in [-0.2, -0.15) is 0 Å². The molecule has 132 valence electrons. The molecule has 0 fully saturated rings. The molecule has 0 N–H and O–H groups in total. The van der Waals surface area contributed by atoms with Crippen molar-refractivity contribution in [2.75, 3.05) is 18.1 Å². The van der Waals surface area contributed by atoms with Gasteiger partial charge in [0, 0.05) is 10.7 Å². The minimum absolute atomic E-state index is 0.275. The van der Waals surface area contributed by atoms with E-state index in [9.17, 15) is 9.59 Å². The summed E-state index contributed by atoms with van der Waals surface area (Å²) >= 11 is 5.90. The summed E-state index contributed by atoms with van der Waals surface area (Å²) in [6, 6.07) is 13.9. The highest BCUT2D eigenvalue weighted by Gasteiger charge is 2.18. The fraction of sp³-hybridized carbons (Fsp3) is 0.263.